The van der Waals surface area contributed by atoms with Gasteiger partial charge in [0.15, 0.2) is 0 Å². The van der Waals surface area contributed by atoms with Crippen molar-refractivity contribution < 1.29 is 9.47 Å². The van der Waals surface area contributed by atoms with E-state index in [0.717, 1.165) is 16.7 Å². The zero-order valence-corrected chi connectivity index (χ0v) is 19.5. The number of hydrogen-bond acceptors (Lipinski definition) is 4. The summed E-state index contributed by atoms with van der Waals surface area (Å²) >= 11 is 0. The normalized spacial score (nSPS) is 11.4. The smallest absolute Gasteiger partial charge is 0.145 e. The summed E-state index contributed by atoms with van der Waals surface area (Å²) in [5.41, 5.74) is 2.95. The standard InChI is InChI=1S/C28H28N2O2/c1-19-10-7-14-25(22(19)17-29)28(5,6)32-21-12-8-11-20(16-21)31-26-15-9-13-24(23(26)18-30)27(2,3)4/h7-16H,1-6H3. The first-order valence-electron chi connectivity index (χ1n) is 10.6. The molecule has 0 amide bonds. The van der Waals surface area contributed by atoms with E-state index in [1.807, 2.05) is 69.3 Å². The maximum absolute atomic E-state index is 9.76. The highest BCUT2D eigenvalue weighted by Gasteiger charge is 2.27. The lowest BCUT2D eigenvalue weighted by Crippen LogP contribution is -2.26. The fourth-order valence-electron chi connectivity index (χ4n) is 3.75. The summed E-state index contributed by atoms with van der Waals surface area (Å²) in [6, 6.07) is 23.4. The average molecular weight is 425 g/mol. The number of nitriles is 2. The maximum Gasteiger partial charge on any atom is 0.145 e. The van der Waals surface area contributed by atoms with Gasteiger partial charge in [0.1, 0.15) is 28.9 Å². The molecular weight excluding hydrogens is 396 g/mol. The molecule has 0 saturated carbocycles. The van der Waals surface area contributed by atoms with Crippen LogP contribution in [0.25, 0.3) is 0 Å². The van der Waals surface area contributed by atoms with Gasteiger partial charge in [-0.25, -0.2) is 0 Å². The molecule has 3 aromatic rings. The second-order valence-electron chi connectivity index (χ2n) is 9.34. The highest BCUT2D eigenvalue weighted by Crippen LogP contribution is 2.36. The molecule has 3 aromatic carbocycles. The Hall–Kier alpha value is -3.76. The Kier molecular flexibility index (Phi) is 6.28. The van der Waals surface area contributed by atoms with Gasteiger partial charge in [0.05, 0.1) is 17.2 Å². The topological polar surface area (TPSA) is 66.0 Å². The molecule has 0 aromatic heterocycles. The summed E-state index contributed by atoms with van der Waals surface area (Å²) < 4.78 is 12.4. The summed E-state index contributed by atoms with van der Waals surface area (Å²) in [5.74, 6) is 1.70. The van der Waals surface area contributed by atoms with Crippen molar-refractivity contribution in [2.45, 2.75) is 52.6 Å². The molecule has 0 fully saturated rings. The number of benzene rings is 3. The molecule has 32 heavy (non-hydrogen) atoms. The summed E-state index contributed by atoms with van der Waals surface area (Å²) in [4.78, 5) is 0. The predicted octanol–water partition coefficient (Wildman–Crippen LogP) is 7.14. The molecule has 0 saturated heterocycles. The van der Waals surface area contributed by atoms with Gasteiger partial charge in [-0.05, 0) is 55.5 Å². The van der Waals surface area contributed by atoms with Crippen LogP contribution in [-0.4, -0.2) is 0 Å². The number of rotatable bonds is 5. The van der Waals surface area contributed by atoms with Gasteiger partial charge < -0.3 is 9.47 Å². The molecule has 0 N–H and O–H groups in total. The van der Waals surface area contributed by atoms with Gasteiger partial charge in [-0.2, -0.15) is 10.5 Å². The zero-order valence-electron chi connectivity index (χ0n) is 19.5. The highest BCUT2D eigenvalue weighted by molar-refractivity contribution is 5.53. The van der Waals surface area contributed by atoms with Crippen LogP contribution < -0.4 is 9.47 Å². The van der Waals surface area contributed by atoms with Gasteiger partial charge in [0.2, 0.25) is 0 Å². The van der Waals surface area contributed by atoms with Crippen LogP contribution in [0.5, 0.6) is 17.2 Å². The van der Waals surface area contributed by atoms with Crippen molar-refractivity contribution in [3.05, 3.63) is 88.5 Å². The van der Waals surface area contributed by atoms with Gasteiger partial charge in [-0.15, -0.1) is 0 Å². The van der Waals surface area contributed by atoms with Crippen molar-refractivity contribution in [2.24, 2.45) is 0 Å². The second kappa shape index (κ2) is 8.77. The van der Waals surface area contributed by atoms with Gasteiger partial charge >= 0.3 is 0 Å². The van der Waals surface area contributed by atoms with Gasteiger partial charge in [-0.3, -0.25) is 0 Å². The summed E-state index contributed by atoms with van der Waals surface area (Å²) in [5, 5.41) is 19.4. The van der Waals surface area contributed by atoms with E-state index in [-0.39, 0.29) is 5.41 Å². The van der Waals surface area contributed by atoms with Gasteiger partial charge in [0.25, 0.3) is 0 Å². The van der Waals surface area contributed by atoms with Gasteiger partial charge in [0, 0.05) is 11.6 Å². The van der Waals surface area contributed by atoms with Crippen LogP contribution in [0.4, 0.5) is 0 Å². The molecule has 0 heterocycles. The Balaban J connectivity index is 1.92. The van der Waals surface area contributed by atoms with E-state index in [9.17, 15) is 10.5 Å². The Bertz CT molecular complexity index is 1220. The molecule has 0 atom stereocenters. The first-order valence-corrected chi connectivity index (χ1v) is 10.6. The van der Waals surface area contributed by atoms with Crippen LogP contribution in [0.1, 0.15) is 62.4 Å². The van der Waals surface area contributed by atoms with Crippen LogP contribution >= 0.6 is 0 Å². The van der Waals surface area contributed by atoms with Crippen LogP contribution in [0.2, 0.25) is 0 Å². The van der Waals surface area contributed by atoms with Crippen LogP contribution in [0.3, 0.4) is 0 Å². The fraction of sp³-hybridized carbons (Fsp3) is 0.286. The van der Waals surface area contributed by atoms with Crippen molar-refractivity contribution in [2.75, 3.05) is 0 Å². The van der Waals surface area contributed by atoms with E-state index in [2.05, 4.69) is 32.9 Å². The van der Waals surface area contributed by atoms with Crippen LogP contribution in [0, 0.1) is 29.6 Å². The second-order valence-corrected chi connectivity index (χ2v) is 9.34. The molecule has 0 radical (unpaired) electrons. The molecule has 0 unspecified atom stereocenters. The average Bonchev–Trinajstić information content (AvgIpc) is 2.72. The fourth-order valence-corrected chi connectivity index (χ4v) is 3.75. The minimum atomic E-state index is -0.723. The Morgan fingerprint density at radius 3 is 1.97 bits per heavy atom. The molecule has 0 bridgehead atoms. The predicted molar refractivity (Wildman–Crippen MR) is 126 cm³/mol. The van der Waals surface area contributed by atoms with Crippen molar-refractivity contribution in [1.29, 1.82) is 10.5 Å². The number of nitrogens with zero attached hydrogens (tertiary/aromatic N) is 2. The summed E-state index contributed by atoms with van der Waals surface area (Å²) in [6.07, 6.45) is 0. The monoisotopic (exact) mass is 424 g/mol. The third kappa shape index (κ3) is 4.76. The molecule has 3 rings (SSSR count). The van der Waals surface area contributed by atoms with E-state index in [1.54, 1.807) is 12.1 Å². The minimum absolute atomic E-state index is 0.175. The van der Waals surface area contributed by atoms with Crippen molar-refractivity contribution >= 4 is 0 Å². The van der Waals surface area contributed by atoms with E-state index in [0.29, 0.717) is 28.4 Å². The lowest BCUT2D eigenvalue weighted by molar-refractivity contribution is 0.108. The Morgan fingerprint density at radius 1 is 0.719 bits per heavy atom. The van der Waals surface area contributed by atoms with Crippen molar-refractivity contribution in [3.8, 4) is 29.4 Å². The number of aryl methyl sites for hydroxylation is 1. The molecule has 4 heteroatoms. The molecule has 162 valence electrons. The first kappa shape index (κ1) is 22.9. The Labute approximate surface area is 190 Å². The van der Waals surface area contributed by atoms with Crippen LogP contribution in [-0.2, 0) is 11.0 Å². The van der Waals surface area contributed by atoms with Crippen LogP contribution in [0.15, 0.2) is 60.7 Å². The Morgan fingerprint density at radius 2 is 1.31 bits per heavy atom. The highest BCUT2D eigenvalue weighted by atomic mass is 16.5. The molecule has 0 aliphatic rings. The molecule has 0 aliphatic carbocycles. The van der Waals surface area contributed by atoms with Crippen molar-refractivity contribution in [1.82, 2.24) is 0 Å². The molecule has 0 spiro atoms. The lowest BCUT2D eigenvalue weighted by atomic mass is 9.84. The minimum Gasteiger partial charge on any atom is -0.483 e. The molecular formula is C28H28N2O2. The van der Waals surface area contributed by atoms with Gasteiger partial charge in [-0.1, -0.05) is 57.2 Å². The number of hydrogen-bond donors (Lipinski definition) is 0. The summed E-state index contributed by atoms with van der Waals surface area (Å²) in [7, 11) is 0. The van der Waals surface area contributed by atoms with E-state index in [1.165, 1.54) is 0 Å². The number of ether oxygens (including phenoxy) is 2. The van der Waals surface area contributed by atoms with E-state index in [4.69, 9.17) is 9.47 Å². The summed E-state index contributed by atoms with van der Waals surface area (Å²) in [6.45, 7) is 12.0. The largest absolute Gasteiger partial charge is 0.483 e. The SMILES string of the molecule is Cc1cccc(C(C)(C)Oc2cccc(Oc3cccc(C(C)(C)C)c3C#N)c2)c1C#N. The first-order chi connectivity index (χ1) is 15.1. The molecule has 4 nitrogen and oxygen atoms in total. The van der Waals surface area contributed by atoms with E-state index >= 15 is 0 Å². The van der Waals surface area contributed by atoms with E-state index < -0.39 is 5.60 Å². The zero-order chi connectivity index (χ0) is 23.5. The lowest BCUT2D eigenvalue weighted by Gasteiger charge is -2.28. The maximum atomic E-state index is 9.76. The third-order valence-corrected chi connectivity index (χ3v) is 5.39. The molecule has 0 aliphatic heterocycles. The third-order valence-electron chi connectivity index (χ3n) is 5.39. The quantitative estimate of drug-likeness (QED) is 0.436. The van der Waals surface area contributed by atoms with Crippen molar-refractivity contribution in [3.63, 3.8) is 0 Å².